The van der Waals surface area contributed by atoms with Gasteiger partial charge in [-0.2, -0.15) is 5.26 Å². The van der Waals surface area contributed by atoms with Gasteiger partial charge in [-0.1, -0.05) is 6.07 Å². The van der Waals surface area contributed by atoms with E-state index in [0.717, 1.165) is 0 Å². The predicted molar refractivity (Wildman–Crippen MR) is 78.8 cm³/mol. The normalized spacial score (nSPS) is 17.9. The lowest BCUT2D eigenvalue weighted by molar-refractivity contribution is 0.00227. The van der Waals surface area contributed by atoms with Crippen molar-refractivity contribution >= 4 is 19.7 Å². The fourth-order valence-electron chi connectivity index (χ4n) is 2.39. The van der Waals surface area contributed by atoms with Crippen LogP contribution in [0.25, 0.3) is 0 Å². The summed E-state index contributed by atoms with van der Waals surface area (Å²) in [5.41, 5.74) is -0.0416. The van der Waals surface area contributed by atoms with Crippen LogP contribution >= 0.6 is 10.7 Å². The maximum Gasteiger partial charge on any atom is 0.233 e. The quantitative estimate of drug-likeness (QED) is 0.775. The highest BCUT2D eigenvalue weighted by atomic mass is 35.7. The van der Waals surface area contributed by atoms with Crippen LogP contribution in [-0.4, -0.2) is 34.0 Å². The van der Waals surface area contributed by atoms with Crippen LogP contribution < -0.4 is 4.74 Å². The van der Waals surface area contributed by atoms with Gasteiger partial charge in [0.2, 0.25) is 9.05 Å². The van der Waals surface area contributed by atoms with E-state index in [4.69, 9.17) is 25.4 Å². The Kier molecular flexibility index (Phi) is 5.09. The van der Waals surface area contributed by atoms with E-state index in [2.05, 4.69) is 0 Å². The largest absolute Gasteiger partial charge is 0.493 e. The minimum Gasteiger partial charge on any atom is -0.493 e. The lowest BCUT2D eigenvalue weighted by atomic mass is 9.83. The molecule has 1 aliphatic rings. The summed E-state index contributed by atoms with van der Waals surface area (Å²) in [5.74, 6) is 0.412. The van der Waals surface area contributed by atoms with Crippen LogP contribution in [0.2, 0.25) is 0 Å². The maximum atomic E-state index is 11.4. The van der Waals surface area contributed by atoms with E-state index in [9.17, 15) is 8.42 Å². The molecule has 1 aromatic carbocycles. The van der Waals surface area contributed by atoms with Gasteiger partial charge >= 0.3 is 0 Å². The zero-order chi connectivity index (χ0) is 15.3. The van der Waals surface area contributed by atoms with Gasteiger partial charge in [-0.3, -0.25) is 0 Å². The third kappa shape index (κ3) is 4.88. The molecule has 7 heteroatoms. The minimum absolute atomic E-state index is 0.136. The summed E-state index contributed by atoms with van der Waals surface area (Å²) >= 11 is 0. The number of halogens is 1. The van der Waals surface area contributed by atoms with Crippen molar-refractivity contribution < 1.29 is 17.9 Å². The Morgan fingerprint density at radius 2 is 2.10 bits per heavy atom. The number of hydrogen-bond donors (Lipinski definition) is 0. The summed E-state index contributed by atoms with van der Waals surface area (Å²) in [6.07, 6.45) is 1.16. The summed E-state index contributed by atoms with van der Waals surface area (Å²) in [5, 5.41) is 8.86. The van der Waals surface area contributed by atoms with Crippen LogP contribution in [0.5, 0.6) is 5.75 Å². The molecule has 114 valence electrons. The Morgan fingerprint density at radius 1 is 1.38 bits per heavy atom. The molecule has 0 N–H and O–H groups in total. The molecule has 0 bridgehead atoms. The van der Waals surface area contributed by atoms with Crippen LogP contribution in [0.3, 0.4) is 0 Å². The van der Waals surface area contributed by atoms with Gasteiger partial charge in [-0.15, -0.1) is 0 Å². The molecule has 1 aromatic rings. The van der Waals surface area contributed by atoms with E-state index >= 15 is 0 Å². The van der Waals surface area contributed by atoms with Gasteiger partial charge in [0.25, 0.3) is 0 Å². The second kappa shape index (κ2) is 6.65. The fourth-order valence-corrected chi connectivity index (χ4v) is 4.19. The van der Waals surface area contributed by atoms with Crippen LogP contribution in [0, 0.1) is 16.7 Å². The summed E-state index contributed by atoms with van der Waals surface area (Å²) < 4.78 is 33.9. The van der Waals surface area contributed by atoms with E-state index in [1.807, 2.05) is 6.07 Å². The van der Waals surface area contributed by atoms with Gasteiger partial charge in [0.05, 0.1) is 24.0 Å². The SMILES string of the molecule is N#Cc1cccc(OCC2(CS(=O)(=O)Cl)CCOCC2)c1. The first-order valence-electron chi connectivity index (χ1n) is 6.56. The predicted octanol–water partition coefficient (Wildman–Crippen LogP) is 2.30. The zero-order valence-corrected chi connectivity index (χ0v) is 13.0. The zero-order valence-electron chi connectivity index (χ0n) is 11.4. The highest BCUT2D eigenvalue weighted by Crippen LogP contribution is 2.34. The number of nitriles is 1. The molecular weight excluding hydrogens is 314 g/mol. The summed E-state index contributed by atoms with van der Waals surface area (Å²) in [7, 11) is 1.80. The summed E-state index contributed by atoms with van der Waals surface area (Å²) in [6.45, 7) is 1.22. The van der Waals surface area contributed by atoms with Gasteiger partial charge in [0.15, 0.2) is 0 Å². The molecule has 5 nitrogen and oxygen atoms in total. The number of hydrogen-bond acceptors (Lipinski definition) is 5. The molecule has 0 radical (unpaired) electrons. The van der Waals surface area contributed by atoms with E-state index in [-0.39, 0.29) is 12.4 Å². The van der Waals surface area contributed by atoms with Crippen molar-refractivity contribution in [1.29, 1.82) is 5.26 Å². The third-order valence-electron chi connectivity index (χ3n) is 3.54. The van der Waals surface area contributed by atoms with Gasteiger partial charge in [0, 0.05) is 29.3 Å². The van der Waals surface area contributed by atoms with Crippen molar-refractivity contribution in [3.05, 3.63) is 29.8 Å². The topological polar surface area (TPSA) is 76.4 Å². The molecule has 1 aliphatic heterocycles. The highest BCUT2D eigenvalue weighted by molar-refractivity contribution is 8.13. The third-order valence-corrected chi connectivity index (χ3v) is 4.82. The van der Waals surface area contributed by atoms with E-state index < -0.39 is 14.5 Å². The summed E-state index contributed by atoms with van der Waals surface area (Å²) in [6, 6.07) is 8.81. The lowest BCUT2D eigenvalue weighted by Crippen LogP contribution is -2.40. The molecule has 0 unspecified atom stereocenters. The Bertz CT molecular complexity index is 633. The molecule has 21 heavy (non-hydrogen) atoms. The van der Waals surface area contributed by atoms with Gasteiger partial charge in [-0.25, -0.2) is 8.42 Å². The molecule has 0 aromatic heterocycles. The molecule has 2 rings (SSSR count). The van der Waals surface area contributed by atoms with Crippen LogP contribution in [0.4, 0.5) is 0 Å². The van der Waals surface area contributed by atoms with Gasteiger partial charge in [-0.05, 0) is 31.0 Å². The molecule has 0 aliphatic carbocycles. The first-order valence-corrected chi connectivity index (χ1v) is 9.03. The number of nitrogens with zero attached hydrogens (tertiary/aromatic N) is 1. The first-order chi connectivity index (χ1) is 9.92. The Hall–Kier alpha value is -1.29. The van der Waals surface area contributed by atoms with Gasteiger partial charge < -0.3 is 9.47 Å². The molecule has 0 saturated carbocycles. The number of ether oxygens (including phenoxy) is 2. The number of benzene rings is 1. The Morgan fingerprint density at radius 3 is 2.71 bits per heavy atom. The Labute approximate surface area is 128 Å². The molecule has 1 heterocycles. The lowest BCUT2D eigenvalue weighted by Gasteiger charge is -2.35. The van der Waals surface area contributed by atoms with Crippen LogP contribution in [-0.2, 0) is 13.8 Å². The molecular formula is C14H16ClNO4S. The minimum atomic E-state index is -3.62. The van der Waals surface area contributed by atoms with E-state index in [1.54, 1.807) is 24.3 Å². The van der Waals surface area contributed by atoms with Crippen molar-refractivity contribution in [2.75, 3.05) is 25.6 Å². The smallest absolute Gasteiger partial charge is 0.233 e. The van der Waals surface area contributed by atoms with Gasteiger partial charge in [0.1, 0.15) is 5.75 Å². The first kappa shape index (κ1) is 16.1. The van der Waals surface area contributed by atoms with E-state index in [1.165, 1.54) is 0 Å². The maximum absolute atomic E-state index is 11.4. The second-order valence-electron chi connectivity index (χ2n) is 5.22. The standard InChI is InChI=1S/C14H16ClNO4S/c15-21(17,18)11-14(4-6-19-7-5-14)10-20-13-3-1-2-12(8-13)9-16/h1-3,8H,4-7,10-11H2. The molecule has 1 fully saturated rings. The molecule has 0 amide bonds. The fraction of sp³-hybridized carbons (Fsp3) is 0.500. The van der Waals surface area contributed by atoms with Crippen molar-refractivity contribution in [2.24, 2.45) is 5.41 Å². The Balaban J connectivity index is 2.10. The van der Waals surface area contributed by atoms with Crippen molar-refractivity contribution in [3.63, 3.8) is 0 Å². The number of rotatable bonds is 5. The van der Waals surface area contributed by atoms with Crippen molar-refractivity contribution in [1.82, 2.24) is 0 Å². The molecule has 0 spiro atoms. The van der Waals surface area contributed by atoms with E-state index in [0.29, 0.717) is 37.4 Å². The second-order valence-corrected chi connectivity index (χ2v) is 8.00. The summed E-state index contributed by atoms with van der Waals surface area (Å²) in [4.78, 5) is 0. The van der Waals surface area contributed by atoms with Crippen LogP contribution in [0.15, 0.2) is 24.3 Å². The van der Waals surface area contributed by atoms with Crippen molar-refractivity contribution in [3.8, 4) is 11.8 Å². The highest BCUT2D eigenvalue weighted by Gasteiger charge is 2.37. The average molecular weight is 330 g/mol. The van der Waals surface area contributed by atoms with Crippen molar-refractivity contribution in [2.45, 2.75) is 12.8 Å². The monoisotopic (exact) mass is 329 g/mol. The average Bonchev–Trinajstić information content (AvgIpc) is 2.45. The van der Waals surface area contributed by atoms with Crippen LogP contribution in [0.1, 0.15) is 18.4 Å². The molecule has 1 saturated heterocycles. The molecule has 0 atom stereocenters.